The Hall–Kier alpha value is -1.77. The molecule has 1 unspecified atom stereocenters. The third-order valence-corrected chi connectivity index (χ3v) is 3.87. The summed E-state index contributed by atoms with van der Waals surface area (Å²) < 4.78 is 0. The number of allylic oxidation sites excluding steroid dienone is 2. The number of anilines is 1. The number of aryl methyl sites for hydroxylation is 1. The fourth-order valence-electron chi connectivity index (χ4n) is 3.02. The summed E-state index contributed by atoms with van der Waals surface area (Å²) in [5, 5.41) is 12.5. The van der Waals surface area contributed by atoms with Crippen LogP contribution in [0.3, 0.4) is 0 Å². The average molecular weight is 229 g/mol. The molecule has 1 aliphatic heterocycles. The SMILES string of the molecule is Cc1cccc2c1NC(C(=O)O)[C@@H]1CC=C[C@H]21. The number of hydrogen-bond donors (Lipinski definition) is 2. The molecule has 1 heterocycles. The van der Waals surface area contributed by atoms with Gasteiger partial charge in [-0.2, -0.15) is 0 Å². The van der Waals surface area contributed by atoms with Crippen molar-refractivity contribution in [3.8, 4) is 0 Å². The number of carboxylic acids is 1. The second-order valence-corrected chi connectivity index (χ2v) is 4.85. The first-order valence-corrected chi connectivity index (χ1v) is 5.94. The quantitative estimate of drug-likeness (QED) is 0.727. The third kappa shape index (κ3) is 1.46. The Morgan fingerprint density at radius 3 is 3.06 bits per heavy atom. The molecule has 3 heteroatoms. The van der Waals surface area contributed by atoms with Gasteiger partial charge in [-0.3, -0.25) is 0 Å². The summed E-state index contributed by atoms with van der Waals surface area (Å²) in [7, 11) is 0. The fraction of sp³-hybridized carbons (Fsp3) is 0.357. The van der Waals surface area contributed by atoms with E-state index in [1.165, 1.54) is 5.56 Å². The van der Waals surface area contributed by atoms with E-state index in [4.69, 9.17) is 0 Å². The van der Waals surface area contributed by atoms with Crippen LogP contribution in [-0.2, 0) is 4.79 Å². The van der Waals surface area contributed by atoms with Crippen LogP contribution in [0.5, 0.6) is 0 Å². The minimum atomic E-state index is -0.752. The Labute approximate surface area is 100 Å². The molecule has 1 aromatic rings. The van der Waals surface area contributed by atoms with E-state index in [0.717, 1.165) is 17.7 Å². The minimum absolute atomic E-state index is 0.154. The van der Waals surface area contributed by atoms with Crippen molar-refractivity contribution in [3.63, 3.8) is 0 Å². The van der Waals surface area contributed by atoms with Gasteiger partial charge in [-0.05, 0) is 24.5 Å². The van der Waals surface area contributed by atoms with E-state index in [1.807, 2.05) is 19.1 Å². The zero-order valence-corrected chi connectivity index (χ0v) is 9.68. The minimum Gasteiger partial charge on any atom is -0.480 e. The van der Waals surface area contributed by atoms with Crippen molar-refractivity contribution in [1.82, 2.24) is 0 Å². The maximum atomic E-state index is 11.3. The number of aliphatic carboxylic acids is 1. The van der Waals surface area contributed by atoms with Crippen LogP contribution in [0.2, 0.25) is 0 Å². The van der Waals surface area contributed by atoms with Gasteiger partial charge in [-0.1, -0.05) is 30.4 Å². The molecule has 1 aliphatic carbocycles. The largest absolute Gasteiger partial charge is 0.480 e. The molecular formula is C14H15NO2. The number of hydrogen-bond acceptors (Lipinski definition) is 2. The first kappa shape index (κ1) is 10.4. The normalized spacial score (nSPS) is 29.4. The number of benzene rings is 1. The number of rotatable bonds is 1. The molecule has 0 radical (unpaired) electrons. The number of para-hydroxylation sites is 1. The summed E-state index contributed by atoms with van der Waals surface area (Å²) in [6.45, 7) is 2.02. The predicted octanol–water partition coefficient (Wildman–Crippen LogP) is 2.53. The Kier molecular flexibility index (Phi) is 2.21. The lowest BCUT2D eigenvalue weighted by Gasteiger charge is -2.35. The summed E-state index contributed by atoms with van der Waals surface area (Å²) in [6, 6.07) is 5.69. The molecule has 0 aromatic heterocycles. The van der Waals surface area contributed by atoms with E-state index in [9.17, 15) is 9.90 Å². The van der Waals surface area contributed by atoms with Gasteiger partial charge in [0.2, 0.25) is 0 Å². The second kappa shape index (κ2) is 3.62. The van der Waals surface area contributed by atoms with E-state index in [2.05, 4.69) is 23.5 Å². The molecule has 17 heavy (non-hydrogen) atoms. The number of carboxylic acid groups (broad SMARTS) is 1. The van der Waals surface area contributed by atoms with Gasteiger partial charge in [-0.25, -0.2) is 4.79 Å². The van der Waals surface area contributed by atoms with Gasteiger partial charge in [-0.15, -0.1) is 0 Å². The fourth-order valence-corrected chi connectivity index (χ4v) is 3.02. The zero-order chi connectivity index (χ0) is 12.0. The summed E-state index contributed by atoms with van der Waals surface area (Å²) in [5.41, 5.74) is 3.36. The molecule has 0 bridgehead atoms. The van der Waals surface area contributed by atoms with Crippen molar-refractivity contribution in [3.05, 3.63) is 41.5 Å². The van der Waals surface area contributed by atoms with Crippen LogP contribution in [0.1, 0.15) is 23.5 Å². The van der Waals surface area contributed by atoms with Gasteiger partial charge in [0.25, 0.3) is 0 Å². The highest BCUT2D eigenvalue weighted by molar-refractivity contribution is 5.81. The average Bonchev–Trinajstić information content (AvgIpc) is 2.77. The Morgan fingerprint density at radius 1 is 1.47 bits per heavy atom. The Morgan fingerprint density at radius 2 is 2.29 bits per heavy atom. The first-order valence-electron chi connectivity index (χ1n) is 5.94. The van der Waals surface area contributed by atoms with E-state index >= 15 is 0 Å². The van der Waals surface area contributed by atoms with E-state index < -0.39 is 12.0 Å². The predicted molar refractivity (Wildman–Crippen MR) is 66.2 cm³/mol. The van der Waals surface area contributed by atoms with Gasteiger partial charge >= 0.3 is 5.97 Å². The smallest absolute Gasteiger partial charge is 0.326 e. The van der Waals surface area contributed by atoms with Crippen molar-refractivity contribution in [2.75, 3.05) is 5.32 Å². The van der Waals surface area contributed by atoms with Gasteiger partial charge in [0.15, 0.2) is 0 Å². The Balaban J connectivity index is 2.12. The summed E-state index contributed by atoms with van der Waals surface area (Å²) >= 11 is 0. The molecule has 0 saturated carbocycles. The van der Waals surface area contributed by atoms with Gasteiger partial charge in [0.1, 0.15) is 6.04 Å². The summed E-state index contributed by atoms with van der Waals surface area (Å²) in [6.07, 6.45) is 5.10. The van der Waals surface area contributed by atoms with E-state index in [0.29, 0.717) is 0 Å². The van der Waals surface area contributed by atoms with E-state index in [-0.39, 0.29) is 11.8 Å². The molecule has 88 valence electrons. The van der Waals surface area contributed by atoms with Crippen LogP contribution >= 0.6 is 0 Å². The lowest BCUT2D eigenvalue weighted by atomic mass is 9.78. The van der Waals surface area contributed by atoms with Crippen LogP contribution in [0.4, 0.5) is 5.69 Å². The lowest BCUT2D eigenvalue weighted by molar-refractivity contribution is -0.139. The van der Waals surface area contributed by atoms with Gasteiger partial charge in [0.05, 0.1) is 0 Å². The van der Waals surface area contributed by atoms with Crippen LogP contribution < -0.4 is 5.32 Å². The molecule has 1 aromatic carbocycles. The summed E-state index contributed by atoms with van der Waals surface area (Å²) in [5.74, 6) is -0.341. The maximum absolute atomic E-state index is 11.3. The summed E-state index contributed by atoms with van der Waals surface area (Å²) in [4.78, 5) is 11.3. The highest BCUT2D eigenvalue weighted by Crippen LogP contribution is 2.45. The molecule has 0 spiro atoms. The molecule has 2 aliphatic rings. The lowest BCUT2D eigenvalue weighted by Crippen LogP contribution is -2.42. The zero-order valence-electron chi connectivity index (χ0n) is 9.68. The molecule has 0 amide bonds. The Bertz CT molecular complexity index is 507. The molecule has 2 N–H and O–H groups in total. The van der Waals surface area contributed by atoms with Crippen molar-refractivity contribution in [2.24, 2.45) is 5.92 Å². The van der Waals surface area contributed by atoms with Crippen LogP contribution in [0, 0.1) is 12.8 Å². The number of nitrogens with one attached hydrogen (secondary N) is 1. The standard InChI is InChI=1S/C14H15NO2/c1-8-4-2-6-10-9-5-3-7-11(9)13(14(16)17)15-12(8)10/h2-6,9,11,13,15H,7H2,1H3,(H,16,17)/t9-,11-,13?/m1/s1. The molecular weight excluding hydrogens is 214 g/mol. The topological polar surface area (TPSA) is 49.3 Å². The highest BCUT2D eigenvalue weighted by Gasteiger charge is 2.40. The number of fused-ring (bicyclic) bond motifs is 3. The molecule has 3 atom stereocenters. The van der Waals surface area contributed by atoms with Gasteiger partial charge < -0.3 is 10.4 Å². The third-order valence-electron chi connectivity index (χ3n) is 3.87. The maximum Gasteiger partial charge on any atom is 0.326 e. The van der Waals surface area contributed by atoms with Crippen molar-refractivity contribution >= 4 is 11.7 Å². The molecule has 3 nitrogen and oxygen atoms in total. The molecule has 0 fully saturated rings. The van der Waals surface area contributed by atoms with Crippen molar-refractivity contribution < 1.29 is 9.90 Å². The van der Waals surface area contributed by atoms with Crippen LogP contribution in [0.25, 0.3) is 0 Å². The van der Waals surface area contributed by atoms with Crippen LogP contribution in [0.15, 0.2) is 30.4 Å². The highest BCUT2D eigenvalue weighted by atomic mass is 16.4. The molecule has 3 rings (SSSR count). The van der Waals surface area contributed by atoms with Crippen LogP contribution in [-0.4, -0.2) is 17.1 Å². The second-order valence-electron chi connectivity index (χ2n) is 4.85. The van der Waals surface area contributed by atoms with Crippen molar-refractivity contribution in [1.29, 1.82) is 0 Å². The monoisotopic (exact) mass is 229 g/mol. The van der Waals surface area contributed by atoms with Crippen molar-refractivity contribution in [2.45, 2.75) is 25.3 Å². The first-order chi connectivity index (χ1) is 8.18. The van der Waals surface area contributed by atoms with Gasteiger partial charge in [0, 0.05) is 17.5 Å². The number of carbonyl (C=O) groups is 1. The molecule has 0 saturated heterocycles. The van der Waals surface area contributed by atoms with E-state index in [1.54, 1.807) is 0 Å².